The molecule has 0 amide bonds. The average molecular weight is 313 g/mol. The molecule has 0 fully saturated rings. The zero-order chi connectivity index (χ0) is 16.6. The second kappa shape index (κ2) is 5.79. The summed E-state index contributed by atoms with van der Waals surface area (Å²) in [6, 6.07) is 7.74. The van der Waals surface area contributed by atoms with Crippen molar-refractivity contribution in [1.82, 2.24) is 14.7 Å². The van der Waals surface area contributed by atoms with Crippen molar-refractivity contribution < 1.29 is 10.3 Å². The molecule has 0 saturated heterocycles. The molecular formula is C17H19N3O3. The van der Waals surface area contributed by atoms with E-state index in [4.69, 9.17) is 0 Å². The van der Waals surface area contributed by atoms with Crippen molar-refractivity contribution in [2.45, 2.75) is 32.6 Å². The van der Waals surface area contributed by atoms with Crippen LogP contribution in [-0.4, -0.2) is 25.0 Å². The van der Waals surface area contributed by atoms with Crippen LogP contribution in [0.5, 0.6) is 5.88 Å². The zero-order valence-corrected chi connectivity index (χ0v) is 13.1. The Balaban J connectivity index is 2.06. The number of aromatic amines is 1. The van der Waals surface area contributed by atoms with Crippen molar-refractivity contribution in [3.63, 3.8) is 0 Å². The van der Waals surface area contributed by atoms with Crippen molar-refractivity contribution in [3.05, 3.63) is 57.8 Å². The van der Waals surface area contributed by atoms with Gasteiger partial charge in [-0.25, -0.2) is 4.98 Å². The molecule has 0 saturated carbocycles. The first-order valence-corrected chi connectivity index (χ1v) is 7.62. The molecule has 0 bridgehead atoms. The van der Waals surface area contributed by atoms with Crippen LogP contribution in [0, 0.1) is 0 Å². The fraction of sp³-hybridized carbons (Fsp3) is 0.294. The van der Waals surface area contributed by atoms with Gasteiger partial charge >= 0.3 is 5.56 Å². The van der Waals surface area contributed by atoms with Crippen LogP contribution in [0.1, 0.15) is 43.1 Å². The highest BCUT2D eigenvalue weighted by molar-refractivity contribution is 5.83. The number of benzene rings is 1. The number of nitrogens with zero attached hydrogens (tertiary/aromatic N) is 2. The highest BCUT2D eigenvalue weighted by atomic mass is 16.5. The summed E-state index contributed by atoms with van der Waals surface area (Å²) in [4.78, 5) is 19.5. The van der Waals surface area contributed by atoms with Crippen LogP contribution in [0.2, 0.25) is 0 Å². The number of nitrogens with one attached hydrogen (secondary N) is 1. The summed E-state index contributed by atoms with van der Waals surface area (Å²) < 4.78 is 0.528. The Hall–Kier alpha value is -2.76. The lowest BCUT2D eigenvalue weighted by molar-refractivity contribution is 0.153. The van der Waals surface area contributed by atoms with Crippen LogP contribution >= 0.6 is 0 Å². The van der Waals surface area contributed by atoms with Crippen molar-refractivity contribution in [3.8, 4) is 5.88 Å². The lowest BCUT2D eigenvalue weighted by atomic mass is 10.0. The van der Waals surface area contributed by atoms with Crippen molar-refractivity contribution >= 4 is 10.9 Å². The van der Waals surface area contributed by atoms with E-state index < -0.39 is 5.56 Å². The maximum absolute atomic E-state index is 12.4. The first-order valence-electron chi connectivity index (χ1n) is 7.62. The Kier molecular flexibility index (Phi) is 3.82. The van der Waals surface area contributed by atoms with Gasteiger partial charge in [0.15, 0.2) is 0 Å². The van der Waals surface area contributed by atoms with Crippen molar-refractivity contribution in [2.24, 2.45) is 0 Å². The van der Waals surface area contributed by atoms with Gasteiger partial charge in [0, 0.05) is 29.4 Å². The second-order valence-electron chi connectivity index (χ2n) is 5.73. The summed E-state index contributed by atoms with van der Waals surface area (Å²) in [5.74, 6) is -0.460. The Labute approximate surface area is 133 Å². The van der Waals surface area contributed by atoms with Gasteiger partial charge in [-0.2, -0.15) is 0 Å². The zero-order valence-electron chi connectivity index (χ0n) is 13.1. The lowest BCUT2D eigenvalue weighted by Gasteiger charge is -2.14. The molecule has 0 aliphatic carbocycles. The molecule has 3 rings (SSSR count). The third-order valence-electron chi connectivity index (χ3n) is 4.25. The molecule has 1 atom stereocenters. The molecule has 2 heterocycles. The molecule has 6 nitrogen and oxygen atoms in total. The molecule has 120 valence electrons. The fourth-order valence-electron chi connectivity index (χ4n) is 2.76. The largest absolute Gasteiger partial charge is 0.492 e. The quantitative estimate of drug-likeness (QED) is 0.646. The third-order valence-corrected chi connectivity index (χ3v) is 4.25. The van der Waals surface area contributed by atoms with Gasteiger partial charge in [0.1, 0.15) is 11.4 Å². The molecule has 1 aromatic carbocycles. The SMILES string of the molecule is CCC(C)c1c(O)nc(Cc2c[nH]c3ccccc23)c(=O)n1O. The monoisotopic (exact) mass is 313 g/mol. The number of aromatic nitrogens is 3. The van der Waals surface area contributed by atoms with E-state index in [-0.39, 0.29) is 29.6 Å². The van der Waals surface area contributed by atoms with Gasteiger partial charge in [-0.05, 0) is 18.1 Å². The Bertz CT molecular complexity index is 911. The molecule has 3 aromatic rings. The summed E-state index contributed by atoms with van der Waals surface area (Å²) in [7, 11) is 0. The minimum absolute atomic E-state index is 0.113. The molecule has 2 aromatic heterocycles. The van der Waals surface area contributed by atoms with Crippen LogP contribution in [0.15, 0.2) is 35.3 Å². The number of fused-ring (bicyclic) bond motifs is 1. The minimum atomic E-state index is -0.594. The molecule has 3 N–H and O–H groups in total. The standard InChI is InChI=1S/C17H19N3O3/c1-3-10(2)15-16(21)19-14(17(22)20(15)23)8-11-9-18-13-7-5-4-6-12(11)13/h4-7,9-10,18,21,23H,3,8H2,1-2H3. The summed E-state index contributed by atoms with van der Waals surface area (Å²) in [6.07, 6.45) is 2.72. The van der Waals surface area contributed by atoms with E-state index in [1.807, 2.05) is 44.3 Å². The summed E-state index contributed by atoms with van der Waals surface area (Å²) >= 11 is 0. The molecule has 6 heteroatoms. The van der Waals surface area contributed by atoms with E-state index in [2.05, 4.69) is 9.97 Å². The number of para-hydroxylation sites is 1. The van der Waals surface area contributed by atoms with E-state index >= 15 is 0 Å². The molecule has 0 aliphatic heterocycles. The normalized spacial score (nSPS) is 12.6. The van der Waals surface area contributed by atoms with Crippen molar-refractivity contribution in [2.75, 3.05) is 0 Å². The lowest BCUT2D eigenvalue weighted by Crippen LogP contribution is -2.27. The maximum atomic E-state index is 12.4. The third kappa shape index (κ3) is 2.56. The molecule has 23 heavy (non-hydrogen) atoms. The smallest absolute Gasteiger partial charge is 0.305 e. The first-order chi connectivity index (χ1) is 11.0. The highest BCUT2D eigenvalue weighted by Crippen LogP contribution is 2.25. The maximum Gasteiger partial charge on any atom is 0.305 e. The number of hydrogen-bond donors (Lipinski definition) is 3. The first kappa shape index (κ1) is 15.1. The Morgan fingerprint density at radius 2 is 2.09 bits per heavy atom. The van der Waals surface area contributed by atoms with E-state index in [1.54, 1.807) is 0 Å². The van der Waals surface area contributed by atoms with E-state index in [0.717, 1.165) is 16.5 Å². The van der Waals surface area contributed by atoms with Gasteiger partial charge < -0.3 is 15.3 Å². The van der Waals surface area contributed by atoms with Crippen molar-refractivity contribution in [1.29, 1.82) is 0 Å². The van der Waals surface area contributed by atoms with Crippen LogP contribution in [0.3, 0.4) is 0 Å². The number of H-pyrrole nitrogens is 1. The summed E-state index contributed by atoms with van der Waals surface area (Å²) in [5, 5.41) is 21.2. The van der Waals surface area contributed by atoms with E-state index in [1.165, 1.54) is 0 Å². The second-order valence-corrected chi connectivity index (χ2v) is 5.73. The predicted molar refractivity (Wildman–Crippen MR) is 87.2 cm³/mol. The van der Waals surface area contributed by atoms with Gasteiger partial charge in [0.2, 0.25) is 5.88 Å². The van der Waals surface area contributed by atoms with Gasteiger partial charge in [-0.3, -0.25) is 4.79 Å². The average Bonchev–Trinajstić information content (AvgIpc) is 2.95. The van der Waals surface area contributed by atoms with Gasteiger partial charge in [-0.1, -0.05) is 32.0 Å². The predicted octanol–water partition coefficient (Wildman–Crippen LogP) is 2.77. The van der Waals surface area contributed by atoms with Gasteiger partial charge in [-0.15, -0.1) is 4.73 Å². The number of hydrogen-bond acceptors (Lipinski definition) is 4. The molecule has 1 unspecified atom stereocenters. The highest BCUT2D eigenvalue weighted by Gasteiger charge is 2.20. The number of rotatable bonds is 4. The van der Waals surface area contributed by atoms with Crippen LogP contribution in [0.25, 0.3) is 10.9 Å². The fourth-order valence-corrected chi connectivity index (χ4v) is 2.76. The molecule has 0 spiro atoms. The van der Waals surface area contributed by atoms with Gasteiger partial charge in [0.05, 0.1) is 0 Å². The van der Waals surface area contributed by atoms with E-state index in [9.17, 15) is 15.1 Å². The van der Waals surface area contributed by atoms with Crippen LogP contribution in [-0.2, 0) is 6.42 Å². The van der Waals surface area contributed by atoms with Crippen LogP contribution in [0.4, 0.5) is 0 Å². The molecular weight excluding hydrogens is 294 g/mol. The summed E-state index contributed by atoms with van der Waals surface area (Å²) in [6.45, 7) is 3.73. The van der Waals surface area contributed by atoms with E-state index in [0.29, 0.717) is 11.2 Å². The summed E-state index contributed by atoms with van der Waals surface area (Å²) in [5.41, 5.74) is 1.53. The Morgan fingerprint density at radius 3 is 2.83 bits per heavy atom. The molecule has 0 aliphatic rings. The minimum Gasteiger partial charge on any atom is -0.492 e. The van der Waals surface area contributed by atoms with Crippen LogP contribution < -0.4 is 5.56 Å². The number of aromatic hydroxyl groups is 1. The Morgan fingerprint density at radius 1 is 1.35 bits per heavy atom. The molecule has 0 radical (unpaired) electrons. The van der Waals surface area contributed by atoms with Gasteiger partial charge in [0.25, 0.3) is 0 Å². The topological polar surface area (TPSA) is 91.1 Å².